The minimum Gasteiger partial charge on any atom is -0.381 e. The number of hydrogen-bond acceptors (Lipinski definition) is 3. The third kappa shape index (κ3) is 6.99. The van der Waals surface area contributed by atoms with Gasteiger partial charge in [-0.15, -0.1) is 0 Å². The van der Waals surface area contributed by atoms with Gasteiger partial charge in [0.05, 0.1) is 13.2 Å². The predicted octanol–water partition coefficient (Wildman–Crippen LogP) is -0.272. The molecule has 0 fully saturated rings. The lowest BCUT2D eigenvalue weighted by atomic mass is 10.4. The van der Waals surface area contributed by atoms with Crippen molar-refractivity contribution in [1.29, 1.82) is 0 Å². The maximum atomic E-state index is 10.7. The van der Waals surface area contributed by atoms with Gasteiger partial charge in [0.2, 0.25) is 5.91 Å². The summed E-state index contributed by atoms with van der Waals surface area (Å²) in [6.45, 7) is 2.98. The van der Waals surface area contributed by atoms with Crippen LogP contribution in [-0.2, 0) is 14.3 Å². The summed E-state index contributed by atoms with van der Waals surface area (Å²) in [6, 6.07) is 0. The molecule has 4 heteroatoms. The molecule has 0 atom stereocenters. The smallest absolute Gasteiger partial charge is 0.222 e. The molecule has 0 aliphatic heterocycles. The van der Waals surface area contributed by atoms with E-state index in [1.54, 1.807) is 0 Å². The van der Waals surface area contributed by atoms with Gasteiger partial charge in [-0.25, -0.2) is 0 Å². The van der Waals surface area contributed by atoms with Crippen molar-refractivity contribution in [3.63, 3.8) is 0 Å². The summed E-state index contributed by atoms with van der Waals surface area (Å²) in [7, 11) is 0. The molecule has 0 rings (SSSR count). The molecule has 1 amide bonds. The van der Waals surface area contributed by atoms with Crippen molar-refractivity contribution in [3.8, 4) is 0 Å². The minimum atomic E-state index is -0.148. The molecule has 0 spiro atoms. The Morgan fingerprint density at radius 2 is 2.36 bits per heavy atom. The van der Waals surface area contributed by atoms with Crippen LogP contribution >= 0.6 is 0 Å². The molecule has 0 saturated carbocycles. The highest BCUT2D eigenvalue weighted by Crippen LogP contribution is 1.81. The number of nitrogens with one attached hydrogen (secondary N) is 1. The second-order valence-corrected chi connectivity index (χ2v) is 1.92. The molecule has 1 N–H and O–H groups in total. The number of rotatable bonds is 6. The Kier molecular flexibility index (Phi) is 6.62. The fourth-order valence-corrected chi connectivity index (χ4v) is 0.553. The molecule has 0 aliphatic rings. The lowest BCUT2D eigenvalue weighted by Gasteiger charge is -2.00. The standard InChI is InChI=1S/C7H13NO3/c1-2-11-6-3-7(10)8-4-5-9/h5H,2-4,6H2,1H3,(H,8,10). The maximum absolute atomic E-state index is 10.7. The first-order chi connectivity index (χ1) is 5.31. The van der Waals surface area contributed by atoms with Crippen LogP contribution in [0.3, 0.4) is 0 Å². The van der Waals surface area contributed by atoms with Crippen LogP contribution < -0.4 is 5.32 Å². The lowest BCUT2D eigenvalue weighted by Crippen LogP contribution is -2.25. The second kappa shape index (κ2) is 7.21. The van der Waals surface area contributed by atoms with Crippen molar-refractivity contribution < 1.29 is 14.3 Å². The molecular weight excluding hydrogens is 146 g/mol. The molecule has 0 radical (unpaired) electrons. The van der Waals surface area contributed by atoms with Gasteiger partial charge in [-0.3, -0.25) is 4.79 Å². The topological polar surface area (TPSA) is 55.4 Å². The number of carbonyl (C=O) groups excluding carboxylic acids is 2. The number of carbonyl (C=O) groups is 2. The third-order valence-corrected chi connectivity index (χ3v) is 1.06. The Balaban J connectivity index is 3.15. The van der Waals surface area contributed by atoms with Gasteiger partial charge in [0, 0.05) is 13.0 Å². The van der Waals surface area contributed by atoms with E-state index in [1.165, 1.54) is 0 Å². The van der Waals surface area contributed by atoms with Crippen LogP contribution in [0.25, 0.3) is 0 Å². The van der Waals surface area contributed by atoms with Gasteiger partial charge < -0.3 is 14.8 Å². The molecule has 0 saturated heterocycles. The molecular formula is C7H13NO3. The van der Waals surface area contributed by atoms with Gasteiger partial charge in [0.25, 0.3) is 0 Å². The third-order valence-electron chi connectivity index (χ3n) is 1.06. The molecule has 0 aromatic rings. The van der Waals surface area contributed by atoms with E-state index in [0.717, 1.165) is 0 Å². The van der Waals surface area contributed by atoms with E-state index in [1.807, 2.05) is 6.92 Å². The molecule has 4 nitrogen and oxygen atoms in total. The molecule has 0 aromatic carbocycles. The van der Waals surface area contributed by atoms with Crippen LogP contribution in [0.5, 0.6) is 0 Å². The SMILES string of the molecule is CCOCCC(=O)NCC=O. The second-order valence-electron chi connectivity index (χ2n) is 1.92. The van der Waals surface area contributed by atoms with Gasteiger partial charge in [-0.05, 0) is 6.92 Å². The summed E-state index contributed by atoms with van der Waals surface area (Å²) in [5.74, 6) is -0.148. The van der Waals surface area contributed by atoms with E-state index in [4.69, 9.17) is 4.74 Å². The normalized spacial score (nSPS) is 9.18. The first kappa shape index (κ1) is 10.1. The highest BCUT2D eigenvalue weighted by molar-refractivity contribution is 5.78. The summed E-state index contributed by atoms with van der Waals surface area (Å²) in [5.41, 5.74) is 0. The van der Waals surface area contributed by atoms with E-state index in [0.29, 0.717) is 25.9 Å². The van der Waals surface area contributed by atoms with Crippen molar-refractivity contribution in [3.05, 3.63) is 0 Å². The zero-order valence-corrected chi connectivity index (χ0v) is 6.63. The minimum absolute atomic E-state index is 0.0883. The fraction of sp³-hybridized carbons (Fsp3) is 0.714. The van der Waals surface area contributed by atoms with Crippen molar-refractivity contribution in [2.24, 2.45) is 0 Å². The van der Waals surface area contributed by atoms with Gasteiger partial charge in [-0.2, -0.15) is 0 Å². The number of ether oxygens (including phenoxy) is 1. The number of amides is 1. The lowest BCUT2D eigenvalue weighted by molar-refractivity contribution is -0.123. The summed E-state index contributed by atoms with van der Waals surface area (Å²) in [5, 5.41) is 2.40. The van der Waals surface area contributed by atoms with E-state index in [-0.39, 0.29) is 12.5 Å². The molecule has 0 aromatic heterocycles. The van der Waals surface area contributed by atoms with Crippen molar-refractivity contribution in [2.45, 2.75) is 13.3 Å². The van der Waals surface area contributed by atoms with Gasteiger partial charge in [-0.1, -0.05) is 0 Å². The Labute approximate surface area is 65.9 Å². The Hall–Kier alpha value is -0.900. The number of hydrogen-bond donors (Lipinski definition) is 1. The van der Waals surface area contributed by atoms with Gasteiger partial charge in [0.15, 0.2) is 0 Å². The first-order valence-electron chi connectivity index (χ1n) is 3.59. The quantitative estimate of drug-likeness (QED) is 0.428. The van der Waals surface area contributed by atoms with Crippen LogP contribution in [0.4, 0.5) is 0 Å². The average Bonchev–Trinajstić information content (AvgIpc) is 2.01. The predicted molar refractivity (Wildman–Crippen MR) is 40.2 cm³/mol. The van der Waals surface area contributed by atoms with E-state index >= 15 is 0 Å². The zero-order valence-electron chi connectivity index (χ0n) is 6.63. The summed E-state index contributed by atoms with van der Waals surface area (Å²) in [4.78, 5) is 20.5. The Morgan fingerprint density at radius 3 is 2.91 bits per heavy atom. The van der Waals surface area contributed by atoms with Crippen LogP contribution in [0.1, 0.15) is 13.3 Å². The van der Waals surface area contributed by atoms with Crippen LogP contribution in [0.15, 0.2) is 0 Å². The van der Waals surface area contributed by atoms with E-state index in [9.17, 15) is 9.59 Å². The Morgan fingerprint density at radius 1 is 1.64 bits per heavy atom. The highest BCUT2D eigenvalue weighted by atomic mass is 16.5. The summed E-state index contributed by atoms with van der Waals surface area (Å²) < 4.78 is 4.93. The van der Waals surface area contributed by atoms with Crippen molar-refractivity contribution in [2.75, 3.05) is 19.8 Å². The van der Waals surface area contributed by atoms with Crippen molar-refractivity contribution >= 4 is 12.2 Å². The first-order valence-corrected chi connectivity index (χ1v) is 3.59. The molecule has 0 heterocycles. The maximum Gasteiger partial charge on any atom is 0.222 e. The monoisotopic (exact) mass is 159 g/mol. The van der Waals surface area contributed by atoms with Crippen LogP contribution in [-0.4, -0.2) is 32.0 Å². The molecule has 0 aliphatic carbocycles. The molecule has 0 bridgehead atoms. The molecule has 0 unspecified atom stereocenters. The van der Waals surface area contributed by atoms with Crippen molar-refractivity contribution in [1.82, 2.24) is 5.32 Å². The Bertz CT molecular complexity index is 125. The van der Waals surface area contributed by atoms with Gasteiger partial charge >= 0.3 is 0 Å². The summed E-state index contributed by atoms with van der Waals surface area (Å²) >= 11 is 0. The van der Waals surface area contributed by atoms with E-state index < -0.39 is 0 Å². The van der Waals surface area contributed by atoms with Gasteiger partial charge in [0.1, 0.15) is 6.29 Å². The highest BCUT2D eigenvalue weighted by Gasteiger charge is 1.97. The number of aldehydes is 1. The van der Waals surface area contributed by atoms with Crippen LogP contribution in [0, 0.1) is 0 Å². The summed E-state index contributed by atoms with van der Waals surface area (Å²) in [6.07, 6.45) is 0.972. The average molecular weight is 159 g/mol. The largest absolute Gasteiger partial charge is 0.381 e. The zero-order chi connectivity index (χ0) is 8.53. The fourth-order valence-electron chi connectivity index (χ4n) is 0.553. The van der Waals surface area contributed by atoms with E-state index in [2.05, 4.69) is 5.32 Å². The molecule has 64 valence electrons. The van der Waals surface area contributed by atoms with Crippen LogP contribution in [0.2, 0.25) is 0 Å². The molecule has 11 heavy (non-hydrogen) atoms.